The molecule has 5 rings (SSSR count). The number of rotatable bonds is 2. The maximum Gasteiger partial charge on any atom is 0.177 e. The summed E-state index contributed by atoms with van der Waals surface area (Å²) in [6, 6.07) is 5.84. The minimum Gasteiger partial charge on any atom is -0.355 e. The molecule has 1 saturated carbocycles. The first kappa shape index (κ1) is 18.2. The number of nitrogens with zero attached hydrogens (tertiary/aromatic N) is 4. The fourth-order valence-corrected chi connectivity index (χ4v) is 5.18. The van der Waals surface area contributed by atoms with E-state index in [0.29, 0.717) is 38.4 Å². The van der Waals surface area contributed by atoms with Gasteiger partial charge in [0.25, 0.3) is 0 Å². The number of halogens is 2. The van der Waals surface area contributed by atoms with E-state index in [1.165, 1.54) is 12.8 Å². The first-order chi connectivity index (χ1) is 13.6. The topological polar surface area (TPSA) is 83.7 Å². The van der Waals surface area contributed by atoms with Crippen LogP contribution in [0.1, 0.15) is 32.1 Å². The summed E-state index contributed by atoms with van der Waals surface area (Å²) in [6.07, 6.45) is 7.76. The molecule has 1 aliphatic heterocycles. The lowest BCUT2D eigenvalue weighted by molar-refractivity contribution is 0.197. The van der Waals surface area contributed by atoms with Crippen molar-refractivity contribution in [2.45, 2.75) is 38.1 Å². The number of piperidine rings is 1. The lowest BCUT2D eigenvalue weighted by atomic mass is 9.74. The fourth-order valence-electron chi connectivity index (χ4n) is 4.79. The molecule has 1 spiro atoms. The Morgan fingerprint density at radius 2 is 2.00 bits per heavy atom. The van der Waals surface area contributed by atoms with Crippen molar-refractivity contribution in [3.05, 3.63) is 34.4 Å². The van der Waals surface area contributed by atoms with Crippen LogP contribution in [0.2, 0.25) is 10.0 Å². The van der Waals surface area contributed by atoms with Crippen LogP contribution in [-0.4, -0.2) is 39.3 Å². The van der Waals surface area contributed by atoms with Gasteiger partial charge in [-0.3, -0.25) is 5.10 Å². The van der Waals surface area contributed by atoms with Crippen molar-refractivity contribution in [3.63, 3.8) is 0 Å². The summed E-state index contributed by atoms with van der Waals surface area (Å²) >= 11 is 12.5. The molecular formula is C20H22Cl2N6. The molecule has 0 unspecified atom stereocenters. The summed E-state index contributed by atoms with van der Waals surface area (Å²) in [5, 5.41) is 8.35. The summed E-state index contributed by atoms with van der Waals surface area (Å²) in [6.45, 7) is 1.93. The molecule has 0 amide bonds. The van der Waals surface area contributed by atoms with E-state index in [1.54, 1.807) is 6.07 Å². The van der Waals surface area contributed by atoms with Gasteiger partial charge in [-0.15, -0.1) is 0 Å². The zero-order valence-corrected chi connectivity index (χ0v) is 17.0. The zero-order chi connectivity index (χ0) is 19.3. The Morgan fingerprint density at radius 3 is 2.75 bits per heavy atom. The van der Waals surface area contributed by atoms with Gasteiger partial charge in [0, 0.05) is 24.7 Å². The van der Waals surface area contributed by atoms with Gasteiger partial charge in [-0.2, -0.15) is 5.10 Å². The van der Waals surface area contributed by atoms with Crippen molar-refractivity contribution in [1.82, 2.24) is 20.2 Å². The Balaban J connectivity index is 1.42. The van der Waals surface area contributed by atoms with Gasteiger partial charge in [0.05, 0.1) is 16.2 Å². The number of hydrogen-bond acceptors (Lipinski definition) is 5. The van der Waals surface area contributed by atoms with E-state index in [4.69, 9.17) is 33.9 Å². The second-order valence-electron chi connectivity index (χ2n) is 7.95. The molecule has 3 aromatic rings. The summed E-state index contributed by atoms with van der Waals surface area (Å²) in [5.41, 5.74) is 9.49. The second kappa shape index (κ2) is 6.87. The number of aromatic amines is 1. The lowest BCUT2D eigenvalue weighted by Crippen LogP contribution is -2.47. The molecule has 6 nitrogen and oxygen atoms in total. The molecule has 3 N–H and O–H groups in total. The molecule has 28 heavy (non-hydrogen) atoms. The van der Waals surface area contributed by atoms with Crippen LogP contribution in [0, 0.1) is 5.41 Å². The van der Waals surface area contributed by atoms with Crippen molar-refractivity contribution in [1.29, 1.82) is 0 Å². The monoisotopic (exact) mass is 416 g/mol. The largest absolute Gasteiger partial charge is 0.355 e. The van der Waals surface area contributed by atoms with Crippen molar-refractivity contribution >= 4 is 40.2 Å². The molecule has 2 aromatic heterocycles. The fraction of sp³-hybridized carbons (Fsp3) is 0.450. The summed E-state index contributed by atoms with van der Waals surface area (Å²) < 4.78 is 0. The number of fused-ring (bicyclic) bond motifs is 1. The zero-order valence-electron chi connectivity index (χ0n) is 15.5. The van der Waals surface area contributed by atoms with Crippen molar-refractivity contribution in [2.75, 3.05) is 18.0 Å². The van der Waals surface area contributed by atoms with Crippen molar-refractivity contribution in [3.8, 4) is 11.3 Å². The molecular weight excluding hydrogens is 395 g/mol. The molecule has 3 heterocycles. The van der Waals surface area contributed by atoms with Gasteiger partial charge in [0.15, 0.2) is 5.65 Å². The maximum atomic E-state index is 6.40. The van der Waals surface area contributed by atoms with Gasteiger partial charge < -0.3 is 10.6 Å². The Morgan fingerprint density at radius 1 is 1.18 bits per heavy atom. The van der Waals surface area contributed by atoms with Gasteiger partial charge >= 0.3 is 0 Å². The van der Waals surface area contributed by atoms with E-state index < -0.39 is 0 Å². The number of hydrogen-bond donors (Lipinski definition) is 2. The van der Waals surface area contributed by atoms with Crippen LogP contribution in [-0.2, 0) is 0 Å². The van der Waals surface area contributed by atoms with Gasteiger partial charge in [0.2, 0.25) is 0 Å². The summed E-state index contributed by atoms with van der Waals surface area (Å²) in [4.78, 5) is 11.7. The molecule has 146 valence electrons. The molecule has 1 atom stereocenters. The molecule has 8 heteroatoms. The third-order valence-corrected chi connectivity index (χ3v) is 7.34. The number of aromatic nitrogens is 4. The van der Waals surface area contributed by atoms with Crippen molar-refractivity contribution in [2.24, 2.45) is 11.1 Å². The number of benzene rings is 1. The Kier molecular flexibility index (Phi) is 4.45. The maximum absolute atomic E-state index is 6.40. The minimum atomic E-state index is 0.332. The normalized spacial score (nSPS) is 21.7. The van der Waals surface area contributed by atoms with E-state index in [2.05, 4.69) is 20.1 Å². The standard InChI is InChI=1S/C20H22Cl2N6/c21-13-4-1-3-12(16(13)22)17-18-19(27-26-17)25-15(11-24-18)28-9-7-20(8-10-28)6-2-5-14(20)23/h1,3-4,11,14H,2,5-10,23H2,(H,25,26,27)/t14-/m0/s1. The molecule has 1 saturated heterocycles. The minimum absolute atomic E-state index is 0.332. The van der Waals surface area contributed by atoms with Crippen LogP contribution in [0.25, 0.3) is 22.4 Å². The van der Waals surface area contributed by atoms with Crippen LogP contribution in [0.3, 0.4) is 0 Å². The summed E-state index contributed by atoms with van der Waals surface area (Å²) in [7, 11) is 0. The quantitative estimate of drug-likeness (QED) is 0.645. The highest BCUT2D eigenvalue weighted by Crippen LogP contribution is 2.46. The smallest absolute Gasteiger partial charge is 0.177 e. The second-order valence-corrected chi connectivity index (χ2v) is 8.73. The Hall–Kier alpha value is -1.89. The highest BCUT2D eigenvalue weighted by Gasteiger charge is 2.43. The van der Waals surface area contributed by atoms with E-state index in [1.807, 2.05) is 18.3 Å². The number of nitrogens with two attached hydrogens (primary N) is 1. The third-order valence-electron chi connectivity index (χ3n) is 6.52. The van der Waals surface area contributed by atoms with Gasteiger partial charge in [0.1, 0.15) is 17.0 Å². The molecule has 1 aliphatic carbocycles. The van der Waals surface area contributed by atoms with Crippen molar-refractivity contribution < 1.29 is 0 Å². The van der Waals surface area contributed by atoms with E-state index in [9.17, 15) is 0 Å². The predicted molar refractivity (Wildman–Crippen MR) is 113 cm³/mol. The lowest BCUT2D eigenvalue weighted by Gasteiger charge is -2.42. The average molecular weight is 417 g/mol. The highest BCUT2D eigenvalue weighted by molar-refractivity contribution is 6.43. The van der Waals surface area contributed by atoms with E-state index in [0.717, 1.165) is 43.7 Å². The number of nitrogens with one attached hydrogen (secondary N) is 1. The molecule has 2 fully saturated rings. The first-order valence-corrected chi connectivity index (χ1v) is 10.5. The van der Waals surface area contributed by atoms with Crippen LogP contribution < -0.4 is 10.6 Å². The number of anilines is 1. The van der Waals surface area contributed by atoms with Crippen LogP contribution >= 0.6 is 23.2 Å². The van der Waals surface area contributed by atoms with Gasteiger partial charge in [-0.25, -0.2) is 9.97 Å². The Labute approximate surface area is 173 Å². The van der Waals surface area contributed by atoms with Gasteiger partial charge in [-0.1, -0.05) is 41.8 Å². The SMILES string of the molecule is N[C@H]1CCCC12CCN(c1cnc3c(-c4cccc(Cl)c4Cl)n[nH]c3n1)CC2. The van der Waals surface area contributed by atoms with Crippen LogP contribution in [0.15, 0.2) is 24.4 Å². The Bertz CT molecular complexity index is 1020. The molecule has 0 bridgehead atoms. The third kappa shape index (κ3) is 2.86. The van der Waals surface area contributed by atoms with Gasteiger partial charge in [-0.05, 0) is 37.2 Å². The van der Waals surface area contributed by atoms with Crippen LogP contribution in [0.4, 0.5) is 5.82 Å². The molecule has 0 radical (unpaired) electrons. The van der Waals surface area contributed by atoms with Crippen LogP contribution in [0.5, 0.6) is 0 Å². The molecule has 1 aromatic carbocycles. The average Bonchev–Trinajstić information content (AvgIpc) is 3.28. The first-order valence-electron chi connectivity index (χ1n) is 9.73. The summed E-state index contributed by atoms with van der Waals surface area (Å²) in [5.74, 6) is 0.876. The molecule has 2 aliphatic rings. The number of H-pyrrole nitrogens is 1. The predicted octanol–water partition coefficient (Wildman–Crippen LogP) is 4.42. The highest BCUT2D eigenvalue weighted by atomic mass is 35.5. The van der Waals surface area contributed by atoms with E-state index in [-0.39, 0.29) is 0 Å². The van der Waals surface area contributed by atoms with E-state index >= 15 is 0 Å².